The van der Waals surface area contributed by atoms with E-state index in [1.165, 1.54) is 48.8 Å². The minimum absolute atomic E-state index is 0. The molecule has 1 aromatic rings. The van der Waals surface area contributed by atoms with E-state index in [-0.39, 0.29) is 22.3 Å². The quantitative estimate of drug-likeness (QED) is 0.552. The van der Waals surface area contributed by atoms with Gasteiger partial charge >= 0.3 is 0 Å². The van der Waals surface area contributed by atoms with Gasteiger partial charge in [-0.05, 0) is 74.1 Å². The van der Waals surface area contributed by atoms with Crippen LogP contribution >= 0.6 is 0 Å². The maximum Gasteiger partial charge on any atom is -0.0250 e. The molecule has 0 aromatic heterocycles. The molecule has 0 spiro atoms. The van der Waals surface area contributed by atoms with E-state index in [2.05, 4.69) is 39.8 Å². The van der Waals surface area contributed by atoms with Crippen LogP contribution < -0.4 is 0 Å². The van der Waals surface area contributed by atoms with Gasteiger partial charge in [0.15, 0.2) is 0 Å². The summed E-state index contributed by atoms with van der Waals surface area (Å²) in [5.41, 5.74) is 5.95. The van der Waals surface area contributed by atoms with Crippen LogP contribution in [0.3, 0.4) is 0 Å². The molecule has 1 fully saturated rings. The van der Waals surface area contributed by atoms with E-state index < -0.39 is 0 Å². The molecule has 118 valence electrons. The average molecular weight is 279 g/mol. The molecule has 0 unspecified atom stereocenters. The van der Waals surface area contributed by atoms with E-state index in [0.717, 1.165) is 11.8 Å². The largest absolute Gasteiger partial charge is 0.0776 e. The molecule has 0 saturated heterocycles. The third-order valence-corrected chi connectivity index (χ3v) is 4.65. The summed E-state index contributed by atoms with van der Waals surface area (Å²) in [5.74, 6) is 1.90. The van der Waals surface area contributed by atoms with Gasteiger partial charge in [-0.2, -0.15) is 0 Å². The molecule has 1 aromatic carbocycles. The summed E-state index contributed by atoms with van der Waals surface area (Å²) in [6.45, 7) is 9.12. The van der Waals surface area contributed by atoms with Crippen LogP contribution in [0.4, 0.5) is 0 Å². The zero-order valence-corrected chi connectivity index (χ0v) is 11.8. The van der Waals surface area contributed by atoms with Crippen LogP contribution in [0.5, 0.6) is 0 Å². The van der Waals surface area contributed by atoms with Gasteiger partial charge in [0.05, 0.1) is 0 Å². The molecule has 1 aliphatic rings. The fraction of sp³-hybridized carbons (Fsp3) is 0.700. The first-order valence-electron chi connectivity index (χ1n) is 7.13. The van der Waals surface area contributed by atoms with Crippen LogP contribution in [0.15, 0.2) is 12.1 Å². The molecule has 1 aliphatic carbocycles. The summed E-state index contributed by atoms with van der Waals surface area (Å²) >= 11 is 0. The lowest BCUT2D eigenvalue weighted by Crippen LogP contribution is -2.14. The van der Waals surface area contributed by atoms with E-state index in [1.807, 2.05) is 0 Å². The summed E-state index contributed by atoms with van der Waals surface area (Å²) in [6, 6.07) is 4.81. The predicted octanol–water partition coefficient (Wildman–Crippen LogP) is 6.89. The van der Waals surface area contributed by atoms with Crippen LogP contribution in [0, 0.1) is 32.6 Å². The van der Waals surface area contributed by atoms with Gasteiger partial charge in [-0.15, -0.1) is 0 Å². The highest BCUT2D eigenvalue weighted by Gasteiger charge is 2.18. The Labute approximate surface area is 129 Å². The van der Waals surface area contributed by atoms with E-state index in [1.54, 1.807) is 5.56 Å². The van der Waals surface area contributed by atoms with Crippen molar-refractivity contribution in [2.45, 2.75) is 82.1 Å². The fourth-order valence-electron chi connectivity index (χ4n) is 3.11. The van der Waals surface area contributed by atoms with Crippen molar-refractivity contribution in [2.75, 3.05) is 0 Å². The molecule has 0 N–H and O–H groups in total. The van der Waals surface area contributed by atoms with E-state index in [4.69, 9.17) is 0 Å². The third kappa shape index (κ3) is 5.31. The molecule has 0 bridgehead atoms. The Morgan fingerprint density at radius 1 is 0.850 bits per heavy atom. The standard InChI is InChI=1S/C17H26.3CH4/c1-12-5-7-16(8-6-12)11-17-9-13(2)15(4)14(3)10-17;;;/h9-10,12,16H,5-8,11H2,1-4H3;3*1H4. The molecule has 1 saturated carbocycles. The van der Waals surface area contributed by atoms with Crippen LogP contribution in [0.25, 0.3) is 0 Å². The normalized spacial score (nSPS) is 21.2. The summed E-state index contributed by atoms with van der Waals surface area (Å²) in [7, 11) is 0. The summed E-state index contributed by atoms with van der Waals surface area (Å²) in [5, 5.41) is 0. The summed E-state index contributed by atoms with van der Waals surface area (Å²) in [4.78, 5) is 0. The van der Waals surface area contributed by atoms with Crippen LogP contribution in [0.1, 0.15) is 77.1 Å². The van der Waals surface area contributed by atoms with E-state index in [9.17, 15) is 0 Å². The number of benzene rings is 1. The lowest BCUT2D eigenvalue weighted by Gasteiger charge is -2.26. The molecule has 0 heteroatoms. The molecule has 0 heterocycles. The Balaban J connectivity index is 0. The van der Waals surface area contributed by atoms with Crippen LogP contribution in [0.2, 0.25) is 0 Å². The van der Waals surface area contributed by atoms with Gasteiger partial charge < -0.3 is 0 Å². The van der Waals surface area contributed by atoms with E-state index >= 15 is 0 Å². The number of hydrogen-bond donors (Lipinski definition) is 0. The van der Waals surface area contributed by atoms with Crippen molar-refractivity contribution >= 4 is 0 Å². The second-order valence-electron chi connectivity index (χ2n) is 6.18. The molecular formula is C20H38. The molecule has 20 heavy (non-hydrogen) atoms. The predicted molar refractivity (Wildman–Crippen MR) is 95.7 cm³/mol. The molecular weight excluding hydrogens is 240 g/mol. The molecule has 2 rings (SSSR count). The summed E-state index contributed by atoms with van der Waals surface area (Å²) < 4.78 is 0. The number of hydrogen-bond acceptors (Lipinski definition) is 0. The van der Waals surface area contributed by atoms with Crippen molar-refractivity contribution in [1.29, 1.82) is 0 Å². The highest BCUT2D eigenvalue weighted by Crippen LogP contribution is 2.31. The highest BCUT2D eigenvalue weighted by molar-refractivity contribution is 5.37. The van der Waals surface area contributed by atoms with Crippen LogP contribution in [-0.2, 0) is 6.42 Å². The van der Waals surface area contributed by atoms with Gasteiger partial charge in [0.1, 0.15) is 0 Å². The van der Waals surface area contributed by atoms with E-state index in [0.29, 0.717) is 0 Å². The molecule has 0 nitrogen and oxygen atoms in total. The van der Waals surface area contributed by atoms with Gasteiger partial charge in [-0.3, -0.25) is 0 Å². The minimum Gasteiger partial charge on any atom is -0.0776 e. The van der Waals surface area contributed by atoms with Crippen molar-refractivity contribution in [2.24, 2.45) is 11.8 Å². The van der Waals surface area contributed by atoms with Gasteiger partial charge in [0.25, 0.3) is 0 Å². The SMILES string of the molecule is C.C.C.Cc1cc(CC2CCC(C)CC2)cc(C)c1C. The number of rotatable bonds is 2. The zero-order chi connectivity index (χ0) is 12.4. The first-order valence-corrected chi connectivity index (χ1v) is 7.13. The zero-order valence-electron chi connectivity index (χ0n) is 11.8. The minimum atomic E-state index is 0. The first-order chi connectivity index (χ1) is 8.06. The lowest BCUT2D eigenvalue weighted by atomic mass is 9.79. The maximum absolute atomic E-state index is 2.40. The topological polar surface area (TPSA) is 0 Å². The molecule has 0 atom stereocenters. The Morgan fingerprint density at radius 2 is 1.30 bits per heavy atom. The Morgan fingerprint density at radius 3 is 1.75 bits per heavy atom. The monoisotopic (exact) mass is 278 g/mol. The number of aryl methyl sites for hydroxylation is 2. The average Bonchev–Trinajstić information content (AvgIpc) is 2.29. The fourth-order valence-corrected chi connectivity index (χ4v) is 3.11. The molecule has 0 radical (unpaired) electrons. The second kappa shape index (κ2) is 9.21. The van der Waals surface area contributed by atoms with Crippen molar-refractivity contribution in [3.05, 3.63) is 34.4 Å². The molecule has 0 amide bonds. The van der Waals surface area contributed by atoms with Gasteiger partial charge in [-0.25, -0.2) is 0 Å². The lowest BCUT2D eigenvalue weighted by molar-refractivity contribution is 0.289. The van der Waals surface area contributed by atoms with Crippen molar-refractivity contribution in [3.63, 3.8) is 0 Å². The smallest absolute Gasteiger partial charge is 0.0250 e. The Hall–Kier alpha value is -0.780. The Bertz CT molecular complexity index is 358. The van der Waals surface area contributed by atoms with Crippen molar-refractivity contribution in [3.8, 4) is 0 Å². The first kappa shape index (κ1) is 21.5. The van der Waals surface area contributed by atoms with Gasteiger partial charge in [0.2, 0.25) is 0 Å². The second-order valence-corrected chi connectivity index (χ2v) is 6.18. The Kier molecular flexibility index (Phi) is 9.91. The van der Waals surface area contributed by atoms with Gasteiger partial charge in [0, 0.05) is 0 Å². The van der Waals surface area contributed by atoms with Crippen molar-refractivity contribution in [1.82, 2.24) is 0 Å². The highest BCUT2D eigenvalue weighted by atomic mass is 14.2. The van der Waals surface area contributed by atoms with Gasteiger partial charge in [-0.1, -0.05) is 54.2 Å². The molecule has 0 aliphatic heterocycles. The third-order valence-electron chi connectivity index (χ3n) is 4.65. The maximum atomic E-state index is 2.40. The van der Waals surface area contributed by atoms with Crippen LogP contribution in [-0.4, -0.2) is 0 Å². The van der Waals surface area contributed by atoms with Crippen molar-refractivity contribution < 1.29 is 0 Å². The summed E-state index contributed by atoms with van der Waals surface area (Å²) in [6.07, 6.45) is 7.05.